The standard InChI is InChI=1S/C19H23N5O3/c1-27-16-5-3-2-4-15(16)23-12-14(10-18(23)25)21-19(26)22-17-8-9-20-24(17)11-13-6-7-13/h2-5,8-9,13-14H,6-7,10-12H2,1H3,(H2,21,22,26)/t14-/m1/s1. The summed E-state index contributed by atoms with van der Waals surface area (Å²) in [5.41, 5.74) is 0.720. The quantitative estimate of drug-likeness (QED) is 0.817. The molecular formula is C19H23N5O3. The summed E-state index contributed by atoms with van der Waals surface area (Å²) < 4.78 is 7.16. The van der Waals surface area contributed by atoms with Crippen LogP contribution in [0.15, 0.2) is 36.5 Å². The van der Waals surface area contributed by atoms with Crippen LogP contribution in [0.2, 0.25) is 0 Å². The Balaban J connectivity index is 1.37. The summed E-state index contributed by atoms with van der Waals surface area (Å²) in [5.74, 6) is 1.93. The maximum Gasteiger partial charge on any atom is 0.320 e. The van der Waals surface area contributed by atoms with E-state index in [2.05, 4.69) is 15.7 Å². The first-order valence-corrected chi connectivity index (χ1v) is 9.16. The Morgan fingerprint density at radius 1 is 1.30 bits per heavy atom. The van der Waals surface area contributed by atoms with E-state index in [9.17, 15) is 9.59 Å². The van der Waals surface area contributed by atoms with Gasteiger partial charge in [-0.2, -0.15) is 5.10 Å². The maximum absolute atomic E-state index is 12.4. The van der Waals surface area contributed by atoms with E-state index >= 15 is 0 Å². The first-order chi connectivity index (χ1) is 13.1. The van der Waals surface area contributed by atoms with Crippen LogP contribution in [0.4, 0.5) is 16.3 Å². The Labute approximate surface area is 157 Å². The third-order valence-electron chi connectivity index (χ3n) is 4.92. The van der Waals surface area contributed by atoms with Crippen LogP contribution >= 0.6 is 0 Å². The summed E-state index contributed by atoms with van der Waals surface area (Å²) in [5, 5.41) is 9.99. The number of methoxy groups -OCH3 is 1. The van der Waals surface area contributed by atoms with Gasteiger partial charge in [0.25, 0.3) is 0 Å². The number of aromatic nitrogens is 2. The zero-order valence-corrected chi connectivity index (χ0v) is 15.2. The molecule has 3 amide bonds. The van der Waals surface area contributed by atoms with Crippen molar-refractivity contribution in [2.45, 2.75) is 31.8 Å². The van der Waals surface area contributed by atoms with Crippen LogP contribution in [0, 0.1) is 5.92 Å². The lowest BCUT2D eigenvalue weighted by molar-refractivity contribution is -0.117. The van der Waals surface area contributed by atoms with E-state index in [4.69, 9.17) is 4.74 Å². The zero-order chi connectivity index (χ0) is 18.8. The van der Waals surface area contributed by atoms with Gasteiger partial charge in [0.2, 0.25) is 5.91 Å². The second kappa shape index (κ2) is 7.30. The highest BCUT2D eigenvalue weighted by atomic mass is 16.5. The maximum atomic E-state index is 12.4. The summed E-state index contributed by atoms with van der Waals surface area (Å²) >= 11 is 0. The van der Waals surface area contributed by atoms with E-state index in [1.54, 1.807) is 24.3 Å². The summed E-state index contributed by atoms with van der Waals surface area (Å²) in [6, 6.07) is 8.57. The van der Waals surface area contributed by atoms with Gasteiger partial charge < -0.3 is 15.0 Å². The van der Waals surface area contributed by atoms with Gasteiger partial charge in [0, 0.05) is 25.6 Å². The number of hydrogen-bond acceptors (Lipinski definition) is 4. The fraction of sp³-hybridized carbons (Fsp3) is 0.421. The number of carbonyl (C=O) groups excluding carboxylic acids is 2. The molecule has 2 fully saturated rings. The number of carbonyl (C=O) groups is 2. The molecule has 2 heterocycles. The van der Waals surface area contributed by atoms with Crippen molar-refractivity contribution in [3.8, 4) is 5.75 Å². The van der Waals surface area contributed by atoms with Gasteiger partial charge in [-0.05, 0) is 30.9 Å². The van der Waals surface area contributed by atoms with Crippen LogP contribution in [0.5, 0.6) is 5.75 Å². The SMILES string of the molecule is COc1ccccc1N1C[C@H](NC(=O)Nc2ccnn2CC2CC2)CC1=O. The predicted molar refractivity (Wildman–Crippen MR) is 101 cm³/mol. The van der Waals surface area contributed by atoms with E-state index in [0.717, 1.165) is 12.2 Å². The molecule has 8 heteroatoms. The molecule has 2 N–H and O–H groups in total. The minimum absolute atomic E-state index is 0.0384. The first kappa shape index (κ1) is 17.4. The van der Waals surface area contributed by atoms with Crippen molar-refractivity contribution in [2.75, 3.05) is 23.9 Å². The molecule has 0 bridgehead atoms. The number of rotatable bonds is 6. The van der Waals surface area contributed by atoms with E-state index in [1.165, 1.54) is 12.8 Å². The molecule has 1 aromatic carbocycles. The fourth-order valence-electron chi connectivity index (χ4n) is 3.36. The Hall–Kier alpha value is -3.03. The summed E-state index contributed by atoms with van der Waals surface area (Å²) in [4.78, 5) is 26.4. The predicted octanol–water partition coefficient (Wildman–Crippen LogP) is 2.23. The summed E-state index contributed by atoms with van der Waals surface area (Å²) in [6.07, 6.45) is 4.37. The van der Waals surface area contributed by atoms with Crippen LogP contribution in [0.1, 0.15) is 19.3 Å². The number of amides is 3. The minimum Gasteiger partial charge on any atom is -0.495 e. The van der Waals surface area contributed by atoms with Gasteiger partial charge in [0.05, 0.1) is 25.0 Å². The average molecular weight is 369 g/mol. The van der Waals surface area contributed by atoms with Crippen molar-refractivity contribution >= 4 is 23.4 Å². The van der Waals surface area contributed by atoms with Crippen LogP contribution < -0.4 is 20.3 Å². The van der Waals surface area contributed by atoms with Crippen molar-refractivity contribution < 1.29 is 14.3 Å². The second-order valence-corrected chi connectivity index (χ2v) is 7.02. The molecule has 0 radical (unpaired) electrons. The number of hydrogen-bond donors (Lipinski definition) is 2. The lowest BCUT2D eigenvalue weighted by Gasteiger charge is -2.19. The lowest BCUT2D eigenvalue weighted by atomic mass is 10.2. The van der Waals surface area contributed by atoms with E-state index in [-0.39, 0.29) is 24.4 Å². The van der Waals surface area contributed by atoms with Gasteiger partial charge >= 0.3 is 6.03 Å². The topological polar surface area (TPSA) is 88.5 Å². The molecule has 1 saturated heterocycles. The summed E-state index contributed by atoms with van der Waals surface area (Å²) in [6.45, 7) is 1.24. The normalized spacial score (nSPS) is 19.2. The minimum atomic E-state index is -0.327. The molecule has 0 unspecified atom stereocenters. The number of anilines is 2. The number of para-hydroxylation sites is 2. The van der Waals surface area contributed by atoms with Crippen molar-refractivity contribution in [1.29, 1.82) is 0 Å². The number of urea groups is 1. The van der Waals surface area contributed by atoms with Crippen molar-refractivity contribution in [3.05, 3.63) is 36.5 Å². The Morgan fingerprint density at radius 3 is 2.89 bits per heavy atom. The van der Waals surface area contributed by atoms with Crippen LogP contribution in [0.3, 0.4) is 0 Å². The average Bonchev–Trinajstić information content (AvgIpc) is 3.26. The molecular weight excluding hydrogens is 346 g/mol. The molecule has 1 saturated carbocycles. The molecule has 1 aliphatic carbocycles. The molecule has 27 heavy (non-hydrogen) atoms. The molecule has 4 rings (SSSR count). The van der Waals surface area contributed by atoms with Gasteiger partial charge in [-0.3, -0.25) is 10.1 Å². The molecule has 1 aliphatic heterocycles. The van der Waals surface area contributed by atoms with E-state index in [1.807, 2.05) is 28.9 Å². The highest BCUT2D eigenvalue weighted by Gasteiger charge is 2.33. The number of ether oxygens (including phenoxy) is 1. The third-order valence-corrected chi connectivity index (χ3v) is 4.92. The van der Waals surface area contributed by atoms with Crippen molar-refractivity contribution in [2.24, 2.45) is 5.92 Å². The fourth-order valence-corrected chi connectivity index (χ4v) is 3.36. The van der Waals surface area contributed by atoms with E-state index in [0.29, 0.717) is 24.0 Å². The van der Waals surface area contributed by atoms with Gasteiger partial charge in [0.1, 0.15) is 11.6 Å². The summed E-state index contributed by atoms with van der Waals surface area (Å²) in [7, 11) is 1.58. The number of nitrogens with zero attached hydrogens (tertiary/aromatic N) is 3. The monoisotopic (exact) mass is 369 g/mol. The highest BCUT2D eigenvalue weighted by Crippen LogP contribution is 2.32. The van der Waals surface area contributed by atoms with Crippen LogP contribution in [-0.2, 0) is 11.3 Å². The van der Waals surface area contributed by atoms with Crippen molar-refractivity contribution in [3.63, 3.8) is 0 Å². The van der Waals surface area contributed by atoms with E-state index < -0.39 is 0 Å². The smallest absolute Gasteiger partial charge is 0.320 e. The Bertz CT molecular complexity index is 845. The van der Waals surface area contributed by atoms with Crippen LogP contribution in [-0.4, -0.2) is 41.4 Å². The molecule has 2 aliphatic rings. The lowest BCUT2D eigenvalue weighted by Crippen LogP contribution is -2.40. The highest BCUT2D eigenvalue weighted by molar-refractivity contribution is 5.98. The molecule has 8 nitrogen and oxygen atoms in total. The Kier molecular flexibility index (Phi) is 4.70. The van der Waals surface area contributed by atoms with Gasteiger partial charge in [-0.25, -0.2) is 9.48 Å². The van der Waals surface area contributed by atoms with Gasteiger partial charge in [-0.1, -0.05) is 12.1 Å². The molecule has 142 valence electrons. The zero-order valence-electron chi connectivity index (χ0n) is 15.2. The largest absolute Gasteiger partial charge is 0.495 e. The second-order valence-electron chi connectivity index (χ2n) is 7.02. The van der Waals surface area contributed by atoms with Gasteiger partial charge in [0.15, 0.2) is 0 Å². The molecule has 2 aromatic rings. The Morgan fingerprint density at radius 2 is 2.11 bits per heavy atom. The number of nitrogens with one attached hydrogen (secondary N) is 2. The third kappa shape index (κ3) is 3.89. The number of benzene rings is 1. The van der Waals surface area contributed by atoms with Gasteiger partial charge in [-0.15, -0.1) is 0 Å². The molecule has 1 atom stereocenters. The van der Waals surface area contributed by atoms with Crippen LogP contribution in [0.25, 0.3) is 0 Å². The first-order valence-electron chi connectivity index (χ1n) is 9.16. The molecule has 0 spiro atoms. The van der Waals surface area contributed by atoms with Crippen molar-refractivity contribution in [1.82, 2.24) is 15.1 Å². The molecule has 1 aromatic heterocycles.